The number of nitrogens with zero attached hydrogens (tertiary/aromatic N) is 4. The van der Waals surface area contributed by atoms with E-state index in [2.05, 4.69) is 15.0 Å². The van der Waals surface area contributed by atoms with Crippen molar-refractivity contribution < 1.29 is 5.21 Å². The van der Waals surface area contributed by atoms with Crippen LogP contribution in [0.3, 0.4) is 0 Å². The molecule has 2 aromatic rings. The summed E-state index contributed by atoms with van der Waals surface area (Å²) in [4.78, 5) is 23.2. The van der Waals surface area contributed by atoms with Crippen LogP contribution in [0, 0.1) is 13.8 Å². The van der Waals surface area contributed by atoms with Crippen LogP contribution in [0.25, 0.3) is 11.2 Å². The maximum Gasteiger partial charge on any atom is 0.314 e. The average molecular weight is 192 g/mol. The third-order valence-corrected chi connectivity index (χ3v) is 1.99. The Kier molecular flexibility index (Phi) is 1.70. The molecule has 0 unspecified atom stereocenters. The van der Waals surface area contributed by atoms with E-state index in [-0.39, 0.29) is 11.2 Å². The minimum Gasteiger partial charge on any atom is -0.424 e. The summed E-state index contributed by atoms with van der Waals surface area (Å²) in [5, 5.41) is 9.05. The van der Waals surface area contributed by atoms with Crippen LogP contribution in [0.5, 0.6) is 0 Å². The Bertz CT molecular complexity index is 561. The normalized spacial score (nSPS) is 10.7. The molecule has 0 aliphatic rings. The van der Waals surface area contributed by atoms with Gasteiger partial charge in [0.05, 0.1) is 11.4 Å². The first kappa shape index (κ1) is 8.61. The molecule has 0 saturated heterocycles. The Morgan fingerprint density at radius 2 is 1.93 bits per heavy atom. The largest absolute Gasteiger partial charge is 0.424 e. The summed E-state index contributed by atoms with van der Waals surface area (Å²) >= 11 is 0. The fraction of sp³-hybridized carbons (Fsp3) is 0.250. The van der Waals surface area contributed by atoms with Crippen LogP contribution in [0.1, 0.15) is 11.4 Å². The molecule has 6 nitrogen and oxygen atoms in total. The standard InChI is InChI=1S/C8H8N4O2/c1-4-5(2)11-7-6(10-4)8(13)12(14)3-9-7/h3,14H,1-2H3. The molecule has 6 heteroatoms. The fourth-order valence-corrected chi connectivity index (χ4v) is 1.10. The topological polar surface area (TPSA) is 80.9 Å². The lowest BCUT2D eigenvalue weighted by atomic mass is 10.3. The molecule has 2 rings (SSSR count). The number of rotatable bonds is 0. The van der Waals surface area contributed by atoms with Crippen LogP contribution in [0.4, 0.5) is 0 Å². The van der Waals surface area contributed by atoms with Gasteiger partial charge in [-0.25, -0.2) is 15.0 Å². The molecule has 14 heavy (non-hydrogen) atoms. The smallest absolute Gasteiger partial charge is 0.314 e. The summed E-state index contributed by atoms with van der Waals surface area (Å²) < 4.78 is 0.395. The molecule has 0 saturated carbocycles. The van der Waals surface area contributed by atoms with E-state index < -0.39 is 5.56 Å². The quantitative estimate of drug-likeness (QED) is 0.596. The first-order chi connectivity index (χ1) is 6.59. The van der Waals surface area contributed by atoms with Crippen molar-refractivity contribution in [1.82, 2.24) is 19.7 Å². The van der Waals surface area contributed by atoms with Crippen LogP contribution < -0.4 is 5.56 Å². The molecule has 1 N–H and O–H groups in total. The predicted octanol–water partition coefficient (Wildman–Crippen LogP) is 0.0406. The van der Waals surface area contributed by atoms with Crippen molar-refractivity contribution in [3.05, 3.63) is 28.1 Å². The summed E-state index contributed by atoms with van der Waals surface area (Å²) in [5.74, 6) is 0. The van der Waals surface area contributed by atoms with E-state index in [1.807, 2.05) is 0 Å². The molecule has 0 spiro atoms. The van der Waals surface area contributed by atoms with Crippen molar-refractivity contribution in [2.75, 3.05) is 0 Å². The highest BCUT2D eigenvalue weighted by molar-refractivity contribution is 5.68. The van der Waals surface area contributed by atoms with Gasteiger partial charge in [0.1, 0.15) is 6.33 Å². The number of fused-ring (bicyclic) bond motifs is 1. The number of hydrogen-bond donors (Lipinski definition) is 1. The molecule has 0 bridgehead atoms. The molecule has 0 radical (unpaired) electrons. The summed E-state index contributed by atoms with van der Waals surface area (Å²) in [6.07, 6.45) is 1.01. The van der Waals surface area contributed by atoms with Gasteiger partial charge in [-0.05, 0) is 13.8 Å². The molecule has 0 atom stereocenters. The van der Waals surface area contributed by atoms with Gasteiger partial charge in [-0.15, -0.1) is 4.73 Å². The first-order valence-electron chi connectivity index (χ1n) is 4.01. The Balaban J connectivity index is 2.97. The summed E-state index contributed by atoms with van der Waals surface area (Å²) in [5.41, 5.74) is 1.11. The van der Waals surface area contributed by atoms with Crippen LogP contribution >= 0.6 is 0 Å². The second-order valence-electron chi connectivity index (χ2n) is 2.96. The number of hydrogen-bond acceptors (Lipinski definition) is 5. The molecule has 0 amide bonds. The van der Waals surface area contributed by atoms with E-state index in [1.54, 1.807) is 13.8 Å². The number of aromatic nitrogens is 4. The molecule has 2 heterocycles. The van der Waals surface area contributed by atoms with Crippen LogP contribution in [-0.4, -0.2) is 24.9 Å². The zero-order valence-electron chi connectivity index (χ0n) is 7.72. The lowest BCUT2D eigenvalue weighted by molar-refractivity contribution is 0.173. The third-order valence-electron chi connectivity index (χ3n) is 1.99. The van der Waals surface area contributed by atoms with E-state index in [0.717, 1.165) is 12.0 Å². The summed E-state index contributed by atoms with van der Waals surface area (Å²) in [6, 6.07) is 0. The van der Waals surface area contributed by atoms with Gasteiger partial charge in [0.15, 0.2) is 11.2 Å². The summed E-state index contributed by atoms with van der Waals surface area (Å²) in [6.45, 7) is 3.53. The Hall–Kier alpha value is -1.98. The molecule has 0 aliphatic carbocycles. The van der Waals surface area contributed by atoms with Crippen LogP contribution in [0.15, 0.2) is 11.1 Å². The molecular formula is C8H8N4O2. The van der Waals surface area contributed by atoms with Gasteiger partial charge < -0.3 is 5.21 Å². The maximum atomic E-state index is 11.4. The van der Waals surface area contributed by atoms with Gasteiger partial charge in [-0.3, -0.25) is 4.79 Å². The first-order valence-corrected chi connectivity index (χ1v) is 4.01. The molecule has 0 aromatic carbocycles. The Morgan fingerprint density at radius 3 is 2.64 bits per heavy atom. The minimum absolute atomic E-state index is 0.0816. The minimum atomic E-state index is -0.606. The predicted molar refractivity (Wildman–Crippen MR) is 48.3 cm³/mol. The zero-order valence-corrected chi connectivity index (χ0v) is 7.72. The van der Waals surface area contributed by atoms with Gasteiger partial charge in [-0.1, -0.05) is 0 Å². The zero-order chi connectivity index (χ0) is 10.3. The second kappa shape index (κ2) is 2.76. The Labute approximate surface area is 78.8 Å². The van der Waals surface area contributed by atoms with E-state index in [4.69, 9.17) is 5.21 Å². The molecule has 0 aliphatic heterocycles. The van der Waals surface area contributed by atoms with Gasteiger partial charge in [0.25, 0.3) is 0 Å². The van der Waals surface area contributed by atoms with Gasteiger partial charge >= 0.3 is 5.56 Å². The van der Waals surface area contributed by atoms with Crippen molar-refractivity contribution in [2.24, 2.45) is 0 Å². The fourth-order valence-electron chi connectivity index (χ4n) is 1.10. The lowest BCUT2D eigenvalue weighted by Crippen LogP contribution is -2.20. The highest BCUT2D eigenvalue weighted by Gasteiger charge is 2.07. The molecule has 2 aromatic heterocycles. The maximum absolute atomic E-state index is 11.4. The molecule has 0 fully saturated rings. The average Bonchev–Trinajstić information content (AvgIpc) is 2.15. The van der Waals surface area contributed by atoms with Crippen molar-refractivity contribution >= 4 is 11.2 Å². The molecule has 72 valence electrons. The van der Waals surface area contributed by atoms with Crippen molar-refractivity contribution in [3.8, 4) is 0 Å². The lowest BCUT2D eigenvalue weighted by Gasteiger charge is -2.01. The second-order valence-corrected chi connectivity index (χ2v) is 2.96. The van der Waals surface area contributed by atoms with Crippen LogP contribution in [0.2, 0.25) is 0 Å². The molecular weight excluding hydrogens is 184 g/mol. The van der Waals surface area contributed by atoms with Crippen molar-refractivity contribution in [2.45, 2.75) is 13.8 Å². The van der Waals surface area contributed by atoms with Crippen molar-refractivity contribution in [3.63, 3.8) is 0 Å². The van der Waals surface area contributed by atoms with Crippen molar-refractivity contribution in [1.29, 1.82) is 0 Å². The highest BCUT2D eigenvalue weighted by Crippen LogP contribution is 2.04. The Morgan fingerprint density at radius 1 is 1.29 bits per heavy atom. The van der Waals surface area contributed by atoms with Gasteiger partial charge in [-0.2, -0.15) is 0 Å². The third kappa shape index (κ3) is 1.12. The SMILES string of the molecule is Cc1nc2ncn(O)c(=O)c2nc1C. The van der Waals surface area contributed by atoms with E-state index >= 15 is 0 Å². The van der Waals surface area contributed by atoms with Gasteiger partial charge in [0, 0.05) is 0 Å². The monoisotopic (exact) mass is 192 g/mol. The van der Waals surface area contributed by atoms with Gasteiger partial charge in [0.2, 0.25) is 0 Å². The van der Waals surface area contributed by atoms with E-state index in [9.17, 15) is 4.79 Å². The summed E-state index contributed by atoms with van der Waals surface area (Å²) in [7, 11) is 0. The highest BCUT2D eigenvalue weighted by atomic mass is 16.5. The van der Waals surface area contributed by atoms with E-state index in [1.165, 1.54) is 0 Å². The number of aryl methyl sites for hydroxylation is 2. The van der Waals surface area contributed by atoms with E-state index in [0.29, 0.717) is 10.4 Å². The van der Waals surface area contributed by atoms with Crippen LogP contribution in [-0.2, 0) is 0 Å².